The van der Waals surface area contributed by atoms with Gasteiger partial charge in [0.1, 0.15) is 7.11 Å². The van der Waals surface area contributed by atoms with Crippen molar-refractivity contribution in [1.82, 2.24) is 0 Å². The quantitative estimate of drug-likeness (QED) is 0.600. The van der Waals surface area contributed by atoms with Gasteiger partial charge in [-0.3, -0.25) is 0 Å². The van der Waals surface area contributed by atoms with Gasteiger partial charge in [-0.25, -0.2) is 14.4 Å². The SMILES string of the molecule is [CH2]OC(=O)[C@H](C)OC(=O)[C@H](C)OC(=O)c1ccccc1. The van der Waals surface area contributed by atoms with E-state index < -0.39 is 30.1 Å². The smallest absolute Gasteiger partial charge is 0.348 e. The van der Waals surface area contributed by atoms with Gasteiger partial charge in [-0.1, -0.05) is 18.2 Å². The number of hydrogen-bond donors (Lipinski definition) is 0. The third-order valence-corrected chi connectivity index (χ3v) is 2.39. The lowest BCUT2D eigenvalue weighted by Crippen LogP contribution is -2.32. The van der Waals surface area contributed by atoms with Crippen molar-refractivity contribution in [3.63, 3.8) is 0 Å². The highest BCUT2D eigenvalue weighted by Crippen LogP contribution is 2.06. The molecule has 0 amide bonds. The summed E-state index contributed by atoms with van der Waals surface area (Å²) in [6, 6.07) is 8.21. The molecule has 0 unspecified atom stereocenters. The fraction of sp³-hybridized carbons (Fsp3) is 0.286. The van der Waals surface area contributed by atoms with Crippen LogP contribution in [0, 0.1) is 7.11 Å². The minimum atomic E-state index is -1.14. The number of benzene rings is 1. The first-order chi connectivity index (χ1) is 9.45. The van der Waals surface area contributed by atoms with Gasteiger partial charge >= 0.3 is 17.9 Å². The molecule has 20 heavy (non-hydrogen) atoms. The van der Waals surface area contributed by atoms with Gasteiger partial charge in [0.15, 0.2) is 12.2 Å². The molecule has 1 aromatic rings. The number of carbonyl (C=O) groups excluding carboxylic acids is 3. The van der Waals surface area contributed by atoms with Gasteiger partial charge in [0, 0.05) is 0 Å². The first kappa shape index (κ1) is 15.7. The molecule has 0 N–H and O–H groups in total. The predicted octanol–water partition coefficient (Wildman–Crippen LogP) is 1.50. The molecule has 0 aliphatic rings. The van der Waals surface area contributed by atoms with Crippen LogP contribution in [0.4, 0.5) is 0 Å². The highest BCUT2D eigenvalue weighted by atomic mass is 16.6. The molecular formula is C14H15O6. The molecule has 0 bridgehead atoms. The Bertz CT molecular complexity index is 482. The van der Waals surface area contributed by atoms with Crippen LogP contribution in [0.2, 0.25) is 0 Å². The summed E-state index contributed by atoms with van der Waals surface area (Å²) in [7, 11) is 2.92. The molecule has 0 saturated heterocycles. The maximum atomic E-state index is 11.7. The van der Waals surface area contributed by atoms with Gasteiger partial charge in [0.05, 0.1) is 5.56 Å². The summed E-state index contributed by atoms with van der Waals surface area (Å²) in [5.74, 6) is -2.28. The van der Waals surface area contributed by atoms with Crippen LogP contribution in [-0.4, -0.2) is 30.1 Å². The molecule has 0 heterocycles. The van der Waals surface area contributed by atoms with E-state index in [0.29, 0.717) is 5.56 Å². The van der Waals surface area contributed by atoms with E-state index in [1.165, 1.54) is 13.8 Å². The molecule has 1 rings (SSSR count). The van der Waals surface area contributed by atoms with Gasteiger partial charge < -0.3 is 14.2 Å². The first-order valence-corrected chi connectivity index (χ1v) is 5.88. The van der Waals surface area contributed by atoms with Crippen molar-refractivity contribution in [3.05, 3.63) is 43.0 Å². The van der Waals surface area contributed by atoms with E-state index >= 15 is 0 Å². The van der Waals surface area contributed by atoms with Crippen LogP contribution in [-0.2, 0) is 23.8 Å². The van der Waals surface area contributed by atoms with Crippen molar-refractivity contribution < 1.29 is 28.6 Å². The molecule has 1 radical (unpaired) electrons. The topological polar surface area (TPSA) is 78.9 Å². The molecule has 107 valence electrons. The lowest BCUT2D eigenvalue weighted by Gasteiger charge is -2.15. The summed E-state index contributed by atoms with van der Waals surface area (Å²) < 4.78 is 13.9. The maximum absolute atomic E-state index is 11.7. The fourth-order valence-electron chi connectivity index (χ4n) is 1.29. The van der Waals surface area contributed by atoms with E-state index in [4.69, 9.17) is 9.47 Å². The zero-order chi connectivity index (χ0) is 15.1. The minimum Gasteiger partial charge on any atom is -0.459 e. The van der Waals surface area contributed by atoms with Crippen LogP contribution in [0.3, 0.4) is 0 Å². The molecule has 6 heteroatoms. The largest absolute Gasteiger partial charge is 0.459 e. The number of esters is 3. The van der Waals surface area contributed by atoms with Crippen molar-refractivity contribution in [2.45, 2.75) is 26.1 Å². The highest BCUT2D eigenvalue weighted by molar-refractivity contribution is 5.91. The lowest BCUT2D eigenvalue weighted by molar-refractivity contribution is -0.168. The van der Waals surface area contributed by atoms with Crippen LogP contribution >= 0.6 is 0 Å². The lowest BCUT2D eigenvalue weighted by atomic mass is 10.2. The average molecular weight is 279 g/mol. The normalized spacial score (nSPS) is 12.9. The zero-order valence-electron chi connectivity index (χ0n) is 11.2. The van der Waals surface area contributed by atoms with Crippen molar-refractivity contribution >= 4 is 17.9 Å². The Balaban J connectivity index is 2.54. The van der Waals surface area contributed by atoms with E-state index in [1.54, 1.807) is 30.3 Å². The van der Waals surface area contributed by atoms with Gasteiger partial charge in [-0.05, 0) is 26.0 Å². The number of rotatable bonds is 5. The van der Waals surface area contributed by atoms with Crippen molar-refractivity contribution in [2.75, 3.05) is 0 Å². The van der Waals surface area contributed by atoms with Crippen molar-refractivity contribution in [3.8, 4) is 0 Å². The van der Waals surface area contributed by atoms with Crippen LogP contribution in [0.25, 0.3) is 0 Å². The van der Waals surface area contributed by atoms with Crippen LogP contribution < -0.4 is 0 Å². The van der Waals surface area contributed by atoms with Crippen LogP contribution in [0.15, 0.2) is 30.3 Å². The van der Waals surface area contributed by atoms with E-state index in [1.807, 2.05) is 0 Å². The van der Waals surface area contributed by atoms with Crippen molar-refractivity contribution in [1.29, 1.82) is 0 Å². The minimum absolute atomic E-state index is 0.317. The number of ether oxygens (including phenoxy) is 3. The Kier molecular flexibility index (Phi) is 5.71. The first-order valence-electron chi connectivity index (χ1n) is 5.88. The molecule has 0 spiro atoms. The molecule has 0 fully saturated rings. The highest BCUT2D eigenvalue weighted by Gasteiger charge is 2.25. The van der Waals surface area contributed by atoms with Crippen LogP contribution in [0.5, 0.6) is 0 Å². The van der Waals surface area contributed by atoms with E-state index in [2.05, 4.69) is 11.8 Å². The van der Waals surface area contributed by atoms with Gasteiger partial charge in [0.25, 0.3) is 0 Å². The maximum Gasteiger partial charge on any atom is 0.348 e. The molecule has 6 nitrogen and oxygen atoms in total. The summed E-state index contributed by atoms with van der Waals surface area (Å²) in [5, 5.41) is 0. The van der Waals surface area contributed by atoms with Gasteiger partial charge in [-0.15, -0.1) is 0 Å². The number of hydrogen-bond acceptors (Lipinski definition) is 6. The molecule has 0 aliphatic carbocycles. The predicted molar refractivity (Wildman–Crippen MR) is 68.3 cm³/mol. The van der Waals surface area contributed by atoms with E-state index in [9.17, 15) is 14.4 Å². The summed E-state index contributed by atoms with van der Waals surface area (Å²) >= 11 is 0. The summed E-state index contributed by atoms with van der Waals surface area (Å²) in [4.78, 5) is 34.4. The molecule has 0 aliphatic heterocycles. The Labute approximate surface area is 116 Å². The molecule has 1 aromatic carbocycles. The second-order valence-corrected chi connectivity index (χ2v) is 3.96. The van der Waals surface area contributed by atoms with Crippen molar-refractivity contribution in [2.24, 2.45) is 0 Å². The molecule has 0 saturated carbocycles. The number of carbonyl (C=O) groups is 3. The van der Waals surface area contributed by atoms with Crippen LogP contribution in [0.1, 0.15) is 24.2 Å². The summed E-state index contributed by atoms with van der Waals surface area (Å²) in [5.41, 5.74) is 0.317. The van der Waals surface area contributed by atoms with Gasteiger partial charge in [-0.2, -0.15) is 0 Å². The Hall–Kier alpha value is -2.37. The molecule has 0 aromatic heterocycles. The summed E-state index contributed by atoms with van der Waals surface area (Å²) in [6.45, 7) is 2.68. The fourth-order valence-corrected chi connectivity index (χ4v) is 1.29. The summed E-state index contributed by atoms with van der Waals surface area (Å²) in [6.07, 6.45) is -2.25. The monoisotopic (exact) mass is 279 g/mol. The Morgan fingerprint density at radius 3 is 2.05 bits per heavy atom. The molecular weight excluding hydrogens is 264 g/mol. The Morgan fingerprint density at radius 2 is 1.50 bits per heavy atom. The standard InChI is InChI=1S/C14H15O6/c1-9(12(15)18-3)19-13(16)10(2)20-14(17)11-7-5-4-6-8-11/h4-10H,3H2,1-2H3/t9-,10-/m0/s1. The average Bonchev–Trinajstić information content (AvgIpc) is 2.46. The third-order valence-electron chi connectivity index (χ3n) is 2.39. The zero-order valence-corrected chi connectivity index (χ0v) is 11.2. The second-order valence-electron chi connectivity index (χ2n) is 3.96. The molecule has 2 atom stereocenters. The van der Waals surface area contributed by atoms with E-state index in [-0.39, 0.29) is 0 Å². The van der Waals surface area contributed by atoms with Gasteiger partial charge in [0.2, 0.25) is 0 Å². The second kappa shape index (κ2) is 7.28. The van der Waals surface area contributed by atoms with E-state index in [0.717, 1.165) is 0 Å². The third kappa shape index (κ3) is 4.38. The Morgan fingerprint density at radius 1 is 0.950 bits per heavy atom.